The Kier molecular flexibility index (Phi) is 4.61. The van der Waals surface area contributed by atoms with Crippen molar-refractivity contribution in [2.45, 2.75) is 39.3 Å². The molecule has 0 amide bonds. The molecule has 0 fully saturated rings. The lowest BCUT2D eigenvalue weighted by Crippen LogP contribution is -2.29. The Morgan fingerprint density at radius 3 is 2.73 bits per heavy atom. The molecule has 1 rings (SSSR count). The number of hydrogen-bond acceptors (Lipinski definition) is 3. The first-order chi connectivity index (χ1) is 7.20. The third kappa shape index (κ3) is 2.95. The maximum Gasteiger partial charge on any atom is 0.259 e. The van der Waals surface area contributed by atoms with Gasteiger partial charge in [0, 0.05) is 6.54 Å². The lowest BCUT2D eigenvalue weighted by molar-refractivity contribution is 0.0949. The Bertz CT molecular complexity index is 287. The quantitative estimate of drug-likeness (QED) is 0.788. The molecule has 15 heavy (non-hydrogen) atoms. The van der Waals surface area contributed by atoms with Crippen molar-refractivity contribution in [3.05, 3.63) is 11.9 Å². The van der Waals surface area contributed by atoms with Gasteiger partial charge in [-0.3, -0.25) is 0 Å². The smallest absolute Gasteiger partial charge is 0.259 e. The summed E-state index contributed by atoms with van der Waals surface area (Å²) >= 11 is 0. The lowest BCUT2D eigenvalue weighted by atomic mass is 10.2. The van der Waals surface area contributed by atoms with Crippen molar-refractivity contribution >= 4 is 0 Å². The van der Waals surface area contributed by atoms with Gasteiger partial charge < -0.3 is 5.32 Å². The fourth-order valence-electron chi connectivity index (χ4n) is 1.43. The van der Waals surface area contributed by atoms with E-state index in [2.05, 4.69) is 15.6 Å². The second-order valence-corrected chi connectivity index (χ2v) is 3.25. The third-order valence-corrected chi connectivity index (χ3v) is 2.08. The Balaban J connectivity index is 2.84. The molecule has 0 radical (unpaired) electrons. The van der Waals surface area contributed by atoms with Crippen LogP contribution >= 0.6 is 0 Å². The van der Waals surface area contributed by atoms with E-state index in [9.17, 15) is 8.78 Å². The summed E-state index contributed by atoms with van der Waals surface area (Å²) in [5.41, 5.74) is 0.453. The highest BCUT2D eigenvalue weighted by Crippen LogP contribution is 2.19. The minimum absolute atomic E-state index is 0.453. The molecule has 0 spiro atoms. The first-order valence-corrected chi connectivity index (χ1v) is 5.10. The second kappa shape index (κ2) is 5.75. The van der Waals surface area contributed by atoms with Crippen LogP contribution in [-0.2, 0) is 6.54 Å². The maximum atomic E-state index is 12.7. The van der Waals surface area contributed by atoms with Gasteiger partial charge >= 0.3 is 0 Å². The molecule has 1 aromatic heterocycles. The van der Waals surface area contributed by atoms with Crippen LogP contribution in [0.25, 0.3) is 0 Å². The SMILES string of the molecule is CCCn1nncc1C(NCC)C(F)F. The van der Waals surface area contributed by atoms with Crippen LogP contribution < -0.4 is 5.32 Å². The van der Waals surface area contributed by atoms with Crippen LogP contribution in [0, 0.1) is 0 Å². The summed E-state index contributed by atoms with van der Waals surface area (Å²) in [5, 5.41) is 10.2. The molecular weight excluding hydrogens is 202 g/mol. The summed E-state index contributed by atoms with van der Waals surface area (Å²) in [6.45, 7) is 4.87. The number of alkyl halides is 2. The Morgan fingerprint density at radius 2 is 2.20 bits per heavy atom. The van der Waals surface area contributed by atoms with E-state index < -0.39 is 12.5 Å². The normalized spacial score (nSPS) is 13.4. The molecule has 0 aromatic carbocycles. The molecule has 0 bridgehead atoms. The fraction of sp³-hybridized carbons (Fsp3) is 0.778. The van der Waals surface area contributed by atoms with Crippen molar-refractivity contribution in [3.8, 4) is 0 Å². The van der Waals surface area contributed by atoms with Crippen molar-refractivity contribution in [2.75, 3.05) is 6.54 Å². The summed E-state index contributed by atoms with van der Waals surface area (Å²) in [5.74, 6) is 0. The highest BCUT2D eigenvalue weighted by molar-refractivity contribution is 5.03. The third-order valence-electron chi connectivity index (χ3n) is 2.08. The standard InChI is InChI=1S/C9H16F2N4/c1-3-5-15-7(6-13-14-15)8(9(10)11)12-4-2/h6,8-9,12H,3-5H2,1-2H3. The van der Waals surface area contributed by atoms with Gasteiger partial charge in [0.1, 0.15) is 6.04 Å². The zero-order valence-electron chi connectivity index (χ0n) is 8.95. The van der Waals surface area contributed by atoms with Gasteiger partial charge in [0.25, 0.3) is 6.43 Å². The van der Waals surface area contributed by atoms with Gasteiger partial charge in [0.05, 0.1) is 11.9 Å². The van der Waals surface area contributed by atoms with E-state index in [0.29, 0.717) is 18.8 Å². The summed E-state index contributed by atoms with van der Waals surface area (Å²) < 4.78 is 27.0. The fourth-order valence-corrected chi connectivity index (χ4v) is 1.43. The van der Waals surface area contributed by atoms with Crippen molar-refractivity contribution < 1.29 is 8.78 Å². The average molecular weight is 218 g/mol. The van der Waals surface area contributed by atoms with E-state index in [4.69, 9.17) is 0 Å². The molecule has 1 atom stereocenters. The second-order valence-electron chi connectivity index (χ2n) is 3.25. The van der Waals surface area contributed by atoms with Gasteiger partial charge in [-0.15, -0.1) is 5.10 Å². The summed E-state index contributed by atoms with van der Waals surface area (Å²) in [6.07, 6.45) is -0.202. The van der Waals surface area contributed by atoms with Gasteiger partial charge in [-0.1, -0.05) is 19.1 Å². The minimum atomic E-state index is -2.45. The lowest BCUT2D eigenvalue weighted by Gasteiger charge is -2.17. The van der Waals surface area contributed by atoms with Gasteiger partial charge in [0.15, 0.2) is 0 Å². The Morgan fingerprint density at radius 1 is 1.47 bits per heavy atom. The number of halogens is 2. The molecule has 86 valence electrons. The molecule has 6 heteroatoms. The van der Waals surface area contributed by atoms with E-state index >= 15 is 0 Å². The van der Waals surface area contributed by atoms with Crippen LogP contribution in [0.4, 0.5) is 8.78 Å². The van der Waals surface area contributed by atoms with E-state index in [1.807, 2.05) is 6.92 Å². The predicted molar refractivity (Wildman–Crippen MR) is 52.7 cm³/mol. The van der Waals surface area contributed by atoms with Crippen LogP contribution in [0.3, 0.4) is 0 Å². The molecule has 1 heterocycles. The van der Waals surface area contributed by atoms with Gasteiger partial charge in [0.2, 0.25) is 0 Å². The van der Waals surface area contributed by atoms with E-state index in [1.165, 1.54) is 10.9 Å². The van der Waals surface area contributed by atoms with Gasteiger partial charge in [-0.25, -0.2) is 13.5 Å². The van der Waals surface area contributed by atoms with Gasteiger partial charge in [-0.2, -0.15) is 0 Å². The first kappa shape index (κ1) is 12.0. The number of aromatic nitrogens is 3. The Hall–Kier alpha value is -1.04. The van der Waals surface area contributed by atoms with E-state index in [-0.39, 0.29) is 0 Å². The summed E-state index contributed by atoms with van der Waals surface area (Å²) in [6, 6.07) is -0.975. The molecule has 0 saturated carbocycles. The highest BCUT2D eigenvalue weighted by atomic mass is 19.3. The molecule has 0 aliphatic rings. The molecule has 0 aliphatic heterocycles. The van der Waals surface area contributed by atoms with Crippen molar-refractivity contribution in [1.82, 2.24) is 20.3 Å². The minimum Gasteiger partial charge on any atom is -0.304 e. The van der Waals surface area contributed by atoms with Crippen molar-refractivity contribution in [1.29, 1.82) is 0 Å². The monoisotopic (exact) mass is 218 g/mol. The van der Waals surface area contributed by atoms with Gasteiger partial charge in [-0.05, 0) is 13.0 Å². The zero-order chi connectivity index (χ0) is 11.3. The van der Waals surface area contributed by atoms with Crippen molar-refractivity contribution in [2.24, 2.45) is 0 Å². The van der Waals surface area contributed by atoms with Crippen LogP contribution in [-0.4, -0.2) is 28.0 Å². The van der Waals surface area contributed by atoms with Crippen molar-refractivity contribution in [3.63, 3.8) is 0 Å². The molecule has 1 aromatic rings. The number of nitrogens with one attached hydrogen (secondary N) is 1. The average Bonchev–Trinajstić information content (AvgIpc) is 2.62. The largest absolute Gasteiger partial charge is 0.304 e. The maximum absolute atomic E-state index is 12.7. The molecule has 0 saturated heterocycles. The molecule has 0 aliphatic carbocycles. The predicted octanol–water partition coefficient (Wildman–Crippen LogP) is 1.60. The molecule has 1 N–H and O–H groups in total. The zero-order valence-corrected chi connectivity index (χ0v) is 8.95. The first-order valence-electron chi connectivity index (χ1n) is 5.10. The number of rotatable bonds is 6. The van der Waals surface area contributed by atoms with Crippen LogP contribution in [0.1, 0.15) is 32.0 Å². The number of hydrogen-bond donors (Lipinski definition) is 1. The topological polar surface area (TPSA) is 42.7 Å². The summed E-state index contributed by atoms with van der Waals surface area (Å²) in [4.78, 5) is 0. The molecule has 1 unspecified atom stereocenters. The van der Waals surface area contributed by atoms with E-state index in [1.54, 1.807) is 6.92 Å². The van der Waals surface area contributed by atoms with Crippen LogP contribution in [0.5, 0.6) is 0 Å². The van der Waals surface area contributed by atoms with Crippen LogP contribution in [0.15, 0.2) is 6.20 Å². The Labute approximate surface area is 87.7 Å². The molecular formula is C9H16F2N4. The van der Waals surface area contributed by atoms with Crippen LogP contribution in [0.2, 0.25) is 0 Å². The summed E-state index contributed by atoms with van der Waals surface area (Å²) in [7, 11) is 0. The highest BCUT2D eigenvalue weighted by Gasteiger charge is 2.25. The number of nitrogens with zero attached hydrogens (tertiary/aromatic N) is 3. The van der Waals surface area contributed by atoms with E-state index in [0.717, 1.165) is 6.42 Å². The molecule has 4 nitrogen and oxygen atoms in total. The number of aryl methyl sites for hydroxylation is 1.